The molecule has 4 heteroatoms. The van der Waals surface area contributed by atoms with E-state index in [2.05, 4.69) is 0 Å². The summed E-state index contributed by atoms with van der Waals surface area (Å²) < 4.78 is 5.64. The number of hydrogen-bond acceptors (Lipinski definition) is 2. The summed E-state index contributed by atoms with van der Waals surface area (Å²) in [5.41, 5.74) is 6.84. The minimum atomic E-state index is -0.166. The highest BCUT2D eigenvalue weighted by Gasteiger charge is 2.33. The lowest BCUT2D eigenvalue weighted by Crippen LogP contribution is -2.24. The topological polar surface area (TPSA) is 35.2 Å². The predicted molar refractivity (Wildman–Crippen MR) is 58.1 cm³/mol. The molecule has 0 saturated heterocycles. The van der Waals surface area contributed by atoms with Gasteiger partial charge >= 0.3 is 0 Å². The molecule has 76 valence electrons. The molecule has 1 aromatic rings. The summed E-state index contributed by atoms with van der Waals surface area (Å²) >= 11 is 12.0. The molecule has 2 rings (SSSR count). The Morgan fingerprint density at radius 2 is 2.00 bits per heavy atom. The van der Waals surface area contributed by atoms with Crippen molar-refractivity contribution < 1.29 is 4.74 Å². The van der Waals surface area contributed by atoms with E-state index in [1.807, 2.05) is 6.92 Å². The molecule has 0 radical (unpaired) electrons. The van der Waals surface area contributed by atoms with Crippen LogP contribution in [0.5, 0.6) is 5.75 Å². The van der Waals surface area contributed by atoms with E-state index in [1.54, 1.807) is 12.1 Å². The zero-order valence-corrected chi connectivity index (χ0v) is 9.27. The second-order valence-electron chi connectivity index (χ2n) is 3.36. The van der Waals surface area contributed by atoms with E-state index in [-0.39, 0.29) is 12.1 Å². The first kappa shape index (κ1) is 10.1. The molecule has 0 aromatic heterocycles. The monoisotopic (exact) mass is 231 g/mol. The van der Waals surface area contributed by atoms with Gasteiger partial charge in [-0.05, 0) is 18.6 Å². The smallest absolute Gasteiger partial charge is 0.144 e. The molecule has 1 heterocycles. The van der Waals surface area contributed by atoms with E-state index >= 15 is 0 Å². The number of halogens is 2. The van der Waals surface area contributed by atoms with Crippen molar-refractivity contribution in [1.82, 2.24) is 0 Å². The molecule has 0 fully saturated rings. The summed E-state index contributed by atoms with van der Waals surface area (Å²) in [7, 11) is 0. The second-order valence-corrected chi connectivity index (χ2v) is 4.18. The van der Waals surface area contributed by atoms with E-state index in [9.17, 15) is 0 Å². The first-order valence-corrected chi connectivity index (χ1v) is 5.31. The van der Waals surface area contributed by atoms with Gasteiger partial charge in [-0.15, -0.1) is 0 Å². The fourth-order valence-electron chi connectivity index (χ4n) is 1.73. The minimum absolute atomic E-state index is 0.0117. The molecule has 2 atom stereocenters. The van der Waals surface area contributed by atoms with Crippen LogP contribution in [0.3, 0.4) is 0 Å². The van der Waals surface area contributed by atoms with Gasteiger partial charge < -0.3 is 10.5 Å². The Hall–Kier alpha value is -0.440. The summed E-state index contributed by atoms with van der Waals surface area (Å²) in [4.78, 5) is 0. The van der Waals surface area contributed by atoms with E-state index in [0.717, 1.165) is 12.0 Å². The van der Waals surface area contributed by atoms with Gasteiger partial charge in [-0.1, -0.05) is 30.1 Å². The minimum Gasteiger partial charge on any atom is -0.486 e. The van der Waals surface area contributed by atoms with Gasteiger partial charge in [0.05, 0.1) is 11.1 Å². The van der Waals surface area contributed by atoms with Crippen molar-refractivity contribution in [2.24, 2.45) is 5.73 Å². The highest BCUT2D eigenvalue weighted by molar-refractivity contribution is 6.35. The van der Waals surface area contributed by atoms with E-state index in [0.29, 0.717) is 15.8 Å². The van der Waals surface area contributed by atoms with E-state index in [4.69, 9.17) is 33.7 Å². The maximum absolute atomic E-state index is 6.04. The van der Waals surface area contributed by atoms with Gasteiger partial charge in [0.2, 0.25) is 0 Å². The molecular formula is C10H11Cl2NO. The SMILES string of the molecule is CCC1Oc2c(Cl)ccc(Cl)c2C1N. The van der Waals surface area contributed by atoms with Gasteiger partial charge in [-0.2, -0.15) is 0 Å². The van der Waals surface area contributed by atoms with Gasteiger partial charge in [-0.25, -0.2) is 0 Å². The number of fused-ring (bicyclic) bond motifs is 1. The van der Waals surface area contributed by atoms with Crippen molar-refractivity contribution in [2.75, 3.05) is 0 Å². The average molecular weight is 232 g/mol. The summed E-state index contributed by atoms with van der Waals surface area (Å²) in [5.74, 6) is 0.651. The Kier molecular flexibility index (Phi) is 2.60. The molecule has 1 aliphatic heterocycles. The molecule has 2 nitrogen and oxygen atoms in total. The van der Waals surface area contributed by atoms with Gasteiger partial charge in [0, 0.05) is 10.6 Å². The first-order valence-electron chi connectivity index (χ1n) is 4.55. The molecule has 1 aromatic carbocycles. The highest BCUT2D eigenvalue weighted by atomic mass is 35.5. The Morgan fingerprint density at radius 3 is 2.57 bits per heavy atom. The molecule has 0 spiro atoms. The molecular weight excluding hydrogens is 221 g/mol. The van der Waals surface area contributed by atoms with Crippen LogP contribution in [0.4, 0.5) is 0 Å². The quantitative estimate of drug-likeness (QED) is 0.807. The molecule has 2 unspecified atom stereocenters. The largest absolute Gasteiger partial charge is 0.486 e. The normalized spacial score (nSPS) is 24.6. The molecule has 2 N–H and O–H groups in total. The van der Waals surface area contributed by atoms with Crippen LogP contribution in [0.25, 0.3) is 0 Å². The van der Waals surface area contributed by atoms with Gasteiger partial charge in [0.15, 0.2) is 0 Å². The summed E-state index contributed by atoms with van der Waals surface area (Å²) in [5, 5.41) is 1.21. The highest BCUT2D eigenvalue weighted by Crippen LogP contribution is 2.44. The van der Waals surface area contributed by atoms with Crippen LogP contribution >= 0.6 is 23.2 Å². The summed E-state index contributed by atoms with van der Waals surface area (Å²) in [6, 6.07) is 3.32. The van der Waals surface area contributed by atoms with Crippen molar-refractivity contribution in [3.63, 3.8) is 0 Å². The van der Waals surface area contributed by atoms with Crippen LogP contribution in [0.1, 0.15) is 24.9 Å². The maximum Gasteiger partial charge on any atom is 0.144 e. The lowest BCUT2D eigenvalue weighted by atomic mass is 10.0. The first-order chi connectivity index (χ1) is 6.65. The maximum atomic E-state index is 6.04. The van der Waals surface area contributed by atoms with Crippen LogP contribution < -0.4 is 10.5 Å². The molecule has 0 bridgehead atoms. The summed E-state index contributed by atoms with van der Waals surface area (Å²) in [6.45, 7) is 2.03. The third-order valence-corrected chi connectivity index (χ3v) is 3.13. The van der Waals surface area contributed by atoms with E-state index < -0.39 is 0 Å². The lowest BCUT2D eigenvalue weighted by molar-refractivity contribution is 0.202. The van der Waals surface area contributed by atoms with Crippen molar-refractivity contribution in [3.8, 4) is 5.75 Å². The van der Waals surface area contributed by atoms with E-state index in [1.165, 1.54) is 0 Å². The van der Waals surface area contributed by atoms with Crippen molar-refractivity contribution in [3.05, 3.63) is 27.7 Å². The van der Waals surface area contributed by atoms with Crippen molar-refractivity contribution >= 4 is 23.2 Å². The molecule has 14 heavy (non-hydrogen) atoms. The summed E-state index contributed by atoms with van der Waals surface area (Å²) in [6.07, 6.45) is 0.838. The zero-order valence-electron chi connectivity index (χ0n) is 7.76. The van der Waals surface area contributed by atoms with Gasteiger partial charge in [0.25, 0.3) is 0 Å². The number of hydrogen-bond donors (Lipinski definition) is 1. The number of nitrogens with two attached hydrogens (primary N) is 1. The molecule has 0 saturated carbocycles. The Bertz CT molecular complexity index is 367. The van der Waals surface area contributed by atoms with Gasteiger partial charge in [-0.3, -0.25) is 0 Å². The Balaban J connectivity index is 2.52. The van der Waals surface area contributed by atoms with Crippen molar-refractivity contribution in [1.29, 1.82) is 0 Å². The third-order valence-electron chi connectivity index (χ3n) is 2.50. The standard InChI is InChI=1S/C10H11Cl2NO/c1-2-7-9(13)8-5(11)3-4-6(12)10(8)14-7/h3-4,7,9H,2,13H2,1H3. The Labute approximate surface area is 92.9 Å². The van der Waals surface area contributed by atoms with Crippen LogP contribution in [0.15, 0.2) is 12.1 Å². The van der Waals surface area contributed by atoms with Crippen LogP contribution in [0.2, 0.25) is 10.0 Å². The van der Waals surface area contributed by atoms with Gasteiger partial charge in [0.1, 0.15) is 11.9 Å². The number of ether oxygens (including phenoxy) is 1. The number of rotatable bonds is 1. The second kappa shape index (κ2) is 3.61. The molecule has 1 aliphatic rings. The van der Waals surface area contributed by atoms with Crippen molar-refractivity contribution in [2.45, 2.75) is 25.5 Å². The zero-order chi connectivity index (χ0) is 10.3. The van der Waals surface area contributed by atoms with Crippen LogP contribution in [-0.2, 0) is 0 Å². The van der Waals surface area contributed by atoms with Crippen LogP contribution in [0, 0.1) is 0 Å². The fraction of sp³-hybridized carbons (Fsp3) is 0.400. The average Bonchev–Trinajstić information content (AvgIpc) is 2.51. The Morgan fingerprint density at radius 1 is 1.36 bits per heavy atom. The third kappa shape index (κ3) is 1.38. The predicted octanol–water partition coefficient (Wildman–Crippen LogP) is 3.16. The van der Waals surface area contributed by atoms with Crippen LogP contribution in [-0.4, -0.2) is 6.10 Å². The molecule has 0 amide bonds. The lowest BCUT2D eigenvalue weighted by Gasteiger charge is -2.12. The molecule has 0 aliphatic carbocycles. The fourth-order valence-corrected chi connectivity index (χ4v) is 2.21. The number of benzene rings is 1.